The molecule has 2 amide bonds. The molecule has 8 heteroatoms. The number of nitrogens with zero attached hydrogens (tertiary/aromatic N) is 4. The average Bonchev–Trinajstić information content (AvgIpc) is 3.11. The van der Waals surface area contributed by atoms with Gasteiger partial charge in [0.15, 0.2) is 0 Å². The van der Waals surface area contributed by atoms with Crippen LogP contribution in [0, 0.1) is 5.92 Å². The topological polar surface area (TPSA) is 87.9 Å². The maximum absolute atomic E-state index is 13.0. The highest BCUT2D eigenvalue weighted by Crippen LogP contribution is 2.37. The lowest BCUT2D eigenvalue weighted by Gasteiger charge is -2.29. The Morgan fingerprint density at radius 1 is 1.46 bits per heavy atom. The smallest absolute Gasteiger partial charge is 0.228 e. The third kappa shape index (κ3) is 3.76. The van der Waals surface area contributed by atoms with E-state index in [-0.39, 0.29) is 37.5 Å². The Labute approximate surface area is 142 Å². The number of likely N-dealkylation sites (N-methyl/N-ethyl adjacent to an activating group) is 1. The normalized spacial score (nSPS) is 20.7. The van der Waals surface area contributed by atoms with Gasteiger partial charge >= 0.3 is 0 Å². The fourth-order valence-electron chi connectivity index (χ4n) is 3.17. The van der Waals surface area contributed by atoms with Crippen molar-refractivity contribution < 1.29 is 19.4 Å². The number of amides is 2. The number of aliphatic hydroxyl groups excluding tert-OH is 1. The lowest BCUT2D eigenvalue weighted by Crippen LogP contribution is -2.40. The first-order valence-corrected chi connectivity index (χ1v) is 8.22. The van der Waals surface area contributed by atoms with Gasteiger partial charge in [0.1, 0.15) is 0 Å². The number of aromatic nitrogens is 2. The summed E-state index contributed by atoms with van der Waals surface area (Å²) in [5, 5.41) is 12.9. The molecule has 1 aliphatic heterocycles. The van der Waals surface area contributed by atoms with E-state index in [0.29, 0.717) is 19.7 Å². The van der Waals surface area contributed by atoms with Crippen molar-refractivity contribution in [2.24, 2.45) is 13.0 Å². The van der Waals surface area contributed by atoms with Gasteiger partial charge in [-0.2, -0.15) is 5.10 Å². The average molecular weight is 338 g/mol. The van der Waals surface area contributed by atoms with Gasteiger partial charge in [0.05, 0.1) is 37.5 Å². The SMILES string of the molecule is CCN(CCOCCO)C(=O)C1CC(=O)N(C)C1c1ccnn1C. The molecule has 1 aromatic rings. The van der Waals surface area contributed by atoms with E-state index in [4.69, 9.17) is 9.84 Å². The van der Waals surface area contributed by atoms with Gasteiger partial charge in [0.25, 0.3) is 0 Å². The molecule has 1 aliphatic rings. The second-order valence-electron chi connectivity index (χ2n) is 5.89. The summed E-state index contributed by atoms with van der Waals surface area (Å²) < 4.78 is 6.96. The standard InChI is InChI=1S/C16H26N4O4/c1-4-20(7-9-24-10-8-21)16(23)12-11-14(22)18(2)15(12)13-5-6-17-19(13)3/h5-6,12,15,21H,4,7-11H2,1-3H3. The Bertz CT molecular complexity index is 574. The molecule has 2 heterocycles. The molecular formula is C16H26N4O4. The van der Waals surface area contributed by atoms with Gasteiger partial charge in [0.2, 0.25) is 11.8 Å². The Balaban J connectivity index is 2.13. The van der Waals surface area contributed by atoms with Crippen molar-refractivity contribution in [3.63, 3.8) is 0 Å². The summed E-state index contributed by atoms with van der Waals surface area (Å²) >= 11 is 0. The molecule has 0 aromatic carbocycles. The molecule has 0 aliphatic carbocycles. The predicted molar refractivity (Wildman–Crippen MR) is 87.0 cm³/mol. The summed E-state index contributed by atoms with van der Waals surface area (Å²) in [6.07, 6.45) is 1.88. The number of carbonyl (C=O) groups excluding carboxylic acids is 2. The molecule has 1 fully saturated rings. The van der Waals surface area contributed by atoms with Crippen LogP contribution >= 0.6 is 0 Å². The molecule has 2 rings (SSSR count). The molecule has 1 saturated heterocycles. The maximum atomic E-state index is 13.0. The Morgan fingerprint density at radius 2 is 2.21 bits per heavy atom. The highest BCUT2D eigenvalue weighted by Gasteiger charge is 2.45. The van der Waals surface area contributed by atoms with Crippen LogP contribution in [0.5, 0.6) is 0 Å². The second kappa shape index (κ2) is 8.25. The van der Waals surface area contributed by atoms with Gasteiger partial charge in [-0.1, -0.05) is 0 Å². The molecule has 0 saturated carbocycles. The molecule has 2 unspecified atom stereocenters. The summed E-state index contributed by atoms with van der Waals surface area (Å²) in [6.45, 7) is 3.49. The van der Waals surface area contributed by atoms with E-state index >= 15 is 0 Å². The molecule has 24 heavy (non-hydrogen) atoms. The number of aliphatic hydroxyl groups is 1. The fourth-order valence-corrected chi connectivity index (χ4v) is 3.17. The van der Waals surface area contributed by atoms with Crippen LogP contribution in [0.15, 0.2) is 12.3 Å². The van der Waals surface area contributed by atoms with Crippen LogP contribution in [0.2, 0.25) is 0 Å². The Hall–Kier alpha value is -1.93. The van der Waals surface area contributed by atoms with Crippen LogP contribution in [0.4, 0.5) is 0 Å². The van der Waals surface area contributed by atoms with Gasteiger partial charge in [-0.05, 0) is 13.0 Å². The largest absolute Gasteiger partial charge is 0.394 e. The van der Waals surface area contributed by atoms with Crippen molar-refractivity contribution in [2.45, 2.75) is 19.4 Å². The van der Waals surface area contributed by atoms with Crippen LogP contribution in [-0.2, 0) is 21.4 Å². The number of likely N-dealkylation sites (tertiary alicyclic amines) is 1. The van der Waals surface area contributed by atoms with E-state index in [2.05, 4.69) is 5.10 Å². The number of hydrogen-bond donors (Lipinski definition) is 1. The molecule has 8 nitrogen and oxygen atoms in total. The van der Waals surface area contributed by atoms with Gasteiger partial charge in [-0.3, -0.25) is 14.3 Å². The van der Waals surface area contributed by atoms with Crippen molar-refractivity contribution in [3.05, 3.63) is 18.0 Å². The van der Waals surface area contributed by atoms with Crippen LogP contribution in [-0.4, -0.2) is 76.5 Å². The van der Waals surface area contributed by atoms with Crippen LogP contribution in [0.3, 0.4) is 0 Å². The van der Waals surface area contributed by atoms with E-state index in [0.717, 1.165) is 5.69 Å². The summed E-state index contributed by atoms with van der Waals surface area (Å²) in [7, 11) is 3.54. The molecule has 0 bridgehead atoms. The minimum atomic E-state index is -0.421. The van der Waals surface area contributed by atoms with E-state index in [9.17, 15) is 9.59 Å². The molecular weight excluding hydrogens is 312 g/mol. The van der Waals surface area contributed by atoms with Crippen molar-refractivity contribution in [1.29, 1.82) is 0 Å². The lowest BCUT2D eigenvalue weighted by atomic mass is 9.95. The van der Waals surface area contributed by atoms with Gasteiger partial charge in [-0.25, -0.2) is 0 Å². The first kappa shape index (κ1) is 18.4. The maximum Gasteiger partial charge on any atom is 0.228 e. The van der Waals surface area contributed by atoms with Crippen molar-refractivity contribution >= 4 is 11.8 Å². The third-order valence-corrected chi connectivity index (χ3v) is 4.50. The van der Waals surface area contributed by atoms with E-state index in [1.807, 2.05) is 20.0 Å². The second-order valence-corrected chi connectivity index (χ2v) is 5.89. The van der Waals surface area contributed by atoms with Gasteiger partial charge in [0, 0.05) is 39.8 Å². The minimum Gasteiger partial charge on any atom is -0.394 e. The van der Waals surface area contributed by atoms with Crippen molar-refractivity contribution in [3.8, 4) is 0 Å². The molecule has 0 spiro atoms. The van der Waals surface area contributed by atoms with E-state index < -0.39 is 5.92 Å². The van der Waals surface area contributed by atoms with Crippen LogP contribution in [0.1, 0.15) is 25.1 Å². The molecule has 2 atom stereocenters. The predicted octanol–water partition coefficient (Wildman–Crippen LogP) is -0.203. The van der Waals surface area contributed by atoms with E-state index in [1.165, 1.54) is 0 Å². The summed E-state index contributed by atoms with van der Waals surface area (Å²) in [4.78, 5) is 28.5. The zero-order valence-corrected chi connectivity index (χ0v) is 14.5. The lowest BCUT2D eigenvalue weighted by molar-refractivity contribution is -0.137. The fraction of sp³-hybridized carbons (Fsp3) is 0.688. The molecule has 1 aromatic heterocycles. The first-order valence-electron chi connectivity index (χ1n) is 8.22. The Morgan fingerprint density at radius 3 is 2.79 bits per heavy atom. The summed E-state index contributed by atoms with van der Waals surface area (Å²) in [5.41, 5.74) is 0.856. The Kier molecular flexibility index (Phi) is 6.33. The quantitative estimate of drug-likeness (QED) is 0.663. The summed E-state index contributed by atoms with van der Waals surface area (Å²) in [6, 6.07) is 1.55. The number of hydrogen-bond acceptors (Lipinski definition) is 5. The van der Waals surface area contributed by atoms with Crippen LogP contribution in [0.25, 0.3) is 0 Å². The number of carbonyl (C=O) groups is 2. The molecule has 0 radical (unpaired) electrons. The number of aryl methyl sites for hydroxylation is 1. The highest BCUT2D eigenvalue weighted by molar-refractivity contribution is 5.90. The monoisotopic (exact) mass is 338 g/mol. The minimum absolute atomic E-state index is 0.0351. The van der Waals surface area contributed by atoms with E-state index in [1.54, 1.807) is 27.7 Å². The van der Waals surface area contributed by atoms with Gasteiger partial charge in [-0.15, -0.1) is 0 Å². The zero-order valence-electron chi connectivity index (χ0n) is 14.5. The highest BCUT2D eigenvalue weighted by atomic mass is 16.5. The summed E-state index contributed by atoms with van der Waals surface area (Å²) in [5.74, 6) is -0.503. The molecule has 134 valence electrons. The number of rotatable bonds is 8. The third-order valence-electron chi connectivity index (χ3n) is 4.50. The van der Waals surface area contributed by atoms with Crippen molar-refractivity contribution in [2.75, 3.05) is 40.0 Å². The first-order chi connectivity index (χ1) is 11.5. The zero-order chi connectivity index (χ0) is 17.7. The number of ether oxygens (including phenoxy) is 1. The van der Waals surface area contributed by atoms with Crippen molar-refractivity contribution in [1.82, 2.24) is 19.6 Å². The van der Waals surface area contributed by atoms with Gasteiger partial charge < -0.3 is 19.6 Å². The van der Waals surface area contributed by atoms with Crippen LogP contribution < -0.4 is 0 Å². The molecule has 1 N–H and O–H groups in total.